The SMILES string of the molecule is CCCCCCCCCC[P+](=O)CCCCCCCC. The summed E-state index contributed by atoms with van der Waals surface area (Å²) in [4.78, 5) is 0. The average molecular weight is 301 g/mol. The summed E-state index contributed by atoms with van der Waals surface area (Å²) < 4.78 is 11.9. The van der Waals surface area contributed by atoms with Gasteiger partial charge in [0, 0.05) is 0 Å². The Labute approximate surface area is 129 Å². The highest BCUT2D eigenvalue weighted by Crippen LogP contribution is 2.25. The van der Waals surface area contributed by atoms with Crippen molar-refractivity contribution in [3.05, 3.63) is 0 Å². The molecule has 0 aromatic carbocycles. The first-order valence-corrected chi connectivity index (χ1v) is 10.9. The Balaban J connectivity index is 3.12. The van der Waals surface area contributed by atoms with Crippen molar-refractivity contribution in [3.63, 3.8) is 0 Å². The van der Waals surface area contributed by atoms with Crippen LogP contribution in [0.15, 0.2) is 0 Å². The lowest BCUT2D eigenvalue weighted by atomic mass is 10.1. The lowest BCUT2D eigenvalue weighted by Crippen LogP contribution is -1.87. The molecule has 1 atom stereocenters. The molecule has 1 nitrogen and oxygen atoms in total. The van der Waals surface area contributed by atoms with Gasteiger partial charge in [-0.2, -0.15) is 0 Å². The summed E-state index contributed by atoms with van der Waals surface area (Å²) in [7, 11) is -0.885. The van der Waals surface area contributed by atoms with Gasteiger partial charge >= 0.3 is 7.80 Å². The second kappa shape index (κ2) is 17.2. The van der Waals surface area contributed by atoms with Gasteiger partial charge in [0.1, 0.15) is 12.3 Å². The number of unbranched alkanes of at least 4 members (excludes halogenated alkanes) is 12. The second-order valence-corrected chi connectivity index (χ2v) is 8.03. The highest BCUT2D eigenvalue weighted by molar-refractivity contribution is 7.44. The van der Waals surface area contributed by atoms with Crippen molar-refractivity contribution in [2.24, 2.45) is 0 Å². The predicted molar refractivity (Wildman–Crippen MR) is 93.3 cm³/mol. The summed E-state index contributed by atoms with van der Waals surface area (Å²) >= 11 is 0. The predicted octanol–water partition coefficient (Wildman–Crippen LogP) is 7.32. The van der Waals surface area contributed by atoms with Crippen LogP contribution in [0.25, 0.3) is 0 Å². The molecule has 0 aliphatic heterocycles. The van der Waals surface area contributed by atoms with Crippen LogP contribution in [0.3, 0.4) is 0 Å². The highest BCUT2D eigenvalue weighted by atomic mass is 31.1. The van der Waals surface area contributed by atoms with Crippen molar-refractivity contribution in [3.8, 4) is 0 Å². The van der Waals surface area contributed by atoms with Crippen LogP contribution >= 0.6 is 7.80 Å². The average Bonchev–Trinajstić information content (AvgIpc) is 2.45. The Bertz CT molecular complexity index is 204. The van der Waals surface area contributed by atoms with E-state index in [1.165, 1.54) is 89.9 Å². The molecule has 2 heteroatoms. The summed E-state index contributed by atoms with van der Waals surface area (Å²) in [6.45, 7) is 4.51. The lowest BCUT2D eigenvalue weighted by Gasteiger charge is -1.99. The van der Waals surface area contributed by atoms with Gasteiger partial charge in [0.25, 0.3) is 0 Å². The molecule has 0 fully saturated rings. The van der Waals surface area contributed by atoms with E-state index in [2.05, 4.69) is 13.8 Å². The van der Waals surface area contributed by atoms with Crippen LogP contribution in [0.5, 0.6) is 0 Å². The van der Waals surface area contributed by atoms with Gasteiger partial charge in [-0.1, -0.05) is 82.6 Å². The summed E-state index contributed by atoms with van der Waals surface area (Å²) in [5, 5.41) is 0. The second-order valence-electron chi connectivity index (χ2n) is 6.17. The van der Waals surface area contributed by atoms with E-state index in [-0.39, 0.29) is 0 Å². The molecule has 0 aromatic rings. The maximum atomic E-state index is 11.9. The Morgan fingerprint density at radius 2 is 0.800 bits per heavy atom. The van der Waals surface area contributed by atoms with E-state index in [0.717, 1.165) is 12.3 Å². The van der Waals surface area contributed by atoms with Gasteiger partial charge in [0.05, 0.1) is 0 Å². The van der Waals surface area contributed by atoms with E-state index in [1.54, 1.807) is 0 Å². The zero-order chi connectivity index (χ0) is 14.9. The van der Waals surface area contributed by atoms with E-state index in [0.29, 0.717) is 0 Å². The maximum absolute atomic E-state index is 11.9. The fourth-order valence-corrected chi connectivity index (χ4v) is 3.98. The minimum absolute atomic E-state index is 0.885. The van der Waals surface area contributed by atoms with Gasteiger partial charge in [-0.05, 0) is 25.7 Å². The Morgan fingerprint density at radius 1 is 0.500 bits per heavy atom. The van der Waals surface area contributed by atoms with Crippen molar-refractivity contribution in [1.29, 1.82) is 0 Å². The molecular formula is C18H38OP+. The van der Waals surface area contributed by atoms with Crippen molar-refractivity contribution >= 4 is 7.80 Å². The molecule has 0 bridgehead atoms. The smallest absolute Gasteiger partial charge is 0.0748 e. The maximum Gasteiger partial charge on any atom is 0.338 e. The quantitative estimate of drug-likeness (QED) is 0.216. The van der Waals surface area contributed by atoms with Crippen molar-refractivity contribution in [1.82, 2.24) is 0 Å². The summed E-state index contributed by atoms with van der Waals surface area (Å²) in [6.07, 6.45) is 20.6. The standard InChI is InChI=1S/C18H38OP/c1-3-5-7-9-11-12-14-16-18-20(19)17-15-13-10-8-6-4-2/h3-18H2,1-2H3/q+1. The number of hydrogen-bond acceptors (Lipinski definition) is 1. The van der Waals surface area contributed by atoms with Gasteiger partial charge in [-0.25, -0.2) is 0 Å². The number of rotatable bonds is 16. The molecule has 0 aromatic heterocycles. The molecule has 0 heterocycles. The number of hydrogen-bond donors (Lipinski definition) is 0. The zero-order valence-corrected chi connectivity index (χ0v) is 15.1. The topological polar surface area (TPSA) is 17.1 Å². The van der Waals surface area contributed by atoms with Gasteiger partial charge in [-0.3, -0.25) is 0 Å². The highest BCUT2D eigenvalue weighted by Gasteiger charge is 2.13. The molecule has 0 amide bonds. The summed E-state index contributed by atoms with van der Waals surface area (Å²) in [5.74, 6) is 0. The lowest BCUT2D eigenvalue weighted by molar-refractivity contribution is 0.569. The Kier molecular flexibility index (Phi) is 17.2. The van der Waals surface area contributed by atoms with E-state index in [9.17, 15) is 4.57 Å². The molecular weight excluding hydrogens is 263 g/mol. The molecule has 0 N–H and O–H groups in total. The van der Waals surface area contributed by atoms with E-state index >= 15 is 0 Å². The molecule has 1 unspecified atom stereocenters. The normalized spacial score (nSPS) is 11.8. The zero-order valence-electron chi connectivity index (χ0n) is 14.2. The van der Waals surface area contributed by atoms with Crippen molar-refractivity contribution < 1.29 is 4.57 Å². The van der Waals surface area contributed by atoms with Gasteiger partial charge in [-0.15, -0.1) is 0 Å². The van der Waals surface area contributed by atoms with Crippen molar-refractivity contribution in [2.75, 3.05) is 12.3 Å². The monoisotopic (exact) mass is 301 g/mol. The summed E-state index contributed by atoms with van der Waals surface area (Å²) in [5.41, 5.74) is 0. The first-order chi connectivity index (χ1) is 9.81. The van der Waals surface area contributed by atoms with Crippen LogP contribution in [0, 0.1) is 0 Å². The van der Waals surface area contributed by atoms with Crippen LogP contribution in [-0.4, -0.2) is 12.3 Å². The van der Waals surface area contributed by atoms with E-state index in [4.69, 9.17) is 0 Å². The van der Waals surface area contributed by atoms with Crippen LogP contribution in [0.2, 0.25) is 0 Å². The molecule has 0 radical (unpaired) electrons. The molecule has 120 valence electrons. The Morgan fingerprint density at radius 3 is 1.15 bits per heavy atom. The van der Waals surface area contributed by atoms with Gasteiger partial charge in [0.2, 0.25) is 0 Å². The third-order valence-electron chi connectivity index (χ3n) is 4.02. The fraction of sp³-hybridized carbons (Fsp3) is 1.00. The van der Waals surface area contributed by atoms with E-state index < -0.39 is 7.80 Å². The van der Waals surface area contributed by atoms with Crippen LogP contribution in [0.1, 0.15) is 104 Å². The first-order valence-electron chi connectivity index (χ1n) is 9.23. The first kappa shape index (κ1) is 20.1. The molecule has 0 aliphatic rings. The van der Waals surface area contributed by atoms with Crippen molar-refractivity contribution in [2.45, 2.75) is 104 Å². The largest absolute Gasteiger partial charge is 0.338 e. The molecule has 0 saturated heterocycles. The molecule has 0 rings (SSSR count). The minimum Gasteiger partial charge on any atom is -0.0748 e. The fourth-order valence-electron chi connectivity index (χ4n) is 2.60. The van der Waals surface area contributed by atoms with Crippen LogP contribution < -0.4 is 0 Å². The Hall–Kier alpha value is 0.100. The van der Waals surface area contributed by atoms with Crippen LogP contribution in [0.4, 0.5) is 0 Å². The molecule has 0 aliphatic carbocycles. The third-order valence-corrected chi connectivity index (χ3v) is 5.65. The van der Waals surface area contributed by atoms with Gasteiger partial charge < -0.3 is 0 Å². The molecule has 0 spiro atoms. The summed E-state index contributed by atoms with van der Waals surface area (Å²) in [6, 6.07) is 0. The minimum atomic E-state index is -0.885. The van der Waals surface area contributed by atoms with Crippen LogP contribution in [-0.2, 0) is 4.57 Å². The van der Waals surface area contributed by atoms with E-state index in [1.807, 2.05) is 0 Å². The molecule has 0 saturated carbocycles. The van der Waals surface area contributed by atoms with Gasteiger partial charge in [0.15, 0.2) is 0 Å². The third kappa shape index (κ3) is 16.2. The molecule has 20 heavy (non-hydrogen) atoms.